The van der Waals surface area contributed by atoms with Crippen LogP contribution in [-0.2, 0) is 6.42 Å². The second kappa shape index (κ2) is 3.00. The fraction of sp³-hybridized carbons (Fsp3) is 0.333. The van der Waals surface area contributed by atoms with Crippen LogP contribution in [0.25, 0.3) is 0 Å². The standard InChI is InChI=1S/C9H9ClO3/c1-2-5-6(11)3-7-9(8(5)10)13-4-12-7/h3,11H,2,4H2,1H3. The largest absolute Gasteiger partial charge is 0.507 e. The van der Waals surface area contributed by atoms with E-state index in [-0.39, 0.29) is 12.5 Å². The molecule has 0 saturated carbocycles. The Bertz CT molecular complexity index is 345. The van der Waals surface area contributed by atoms with Crippen molar-refractivity contribution in [2.45, 2.75) is 13.3 Å². The summed E-state index contributed by atoms with van der Waals surface area (Å²) in [6.07, 6.45) is 0.668. The summed E-state index contributed by atoms with van der Waals surface area (Å²) in [5.41, 5.74) is 0.700. The first-order valence-corrected chi connectivity index (χ1v) is 4.41. The molecule has 1 heterocycles. The monoisotopic (exact) mass is 200 g/mol. The average Bonchev–Trinajstić information content (AvgIpc) is 2.53. The van der Waals surface area contributed by atoms with Gasteiger partial charge in [0.1, 0.15) is 5.75 Å². The van der Waals surface area contributed by atoms with E-state index in [9.17, 15) is 5.11 Å². The molecule has 1 N–H and O–H groups in total. The predicted molar refractivity (Wildman–Crippen MR) is 48.6 cm³/mol. The smallest absolute Gasteiger partial charge is 0.231 e. The van der Waals surface area contributed by atoms with Gasteiger partial charge in [-0.3, -0.25) is 0 Å². The molecular weight excluding hydrogens is 192 g/mol. The molecule has 4 heteroatoms. The van der Waals surface area contributed by atoms with Crippen LogP contribution >= 0.6 is 11.6 Å². The Hall–Kier alpha value is -1.09. The molecule has 70 valence electrons. The van der Waals surface area contributed by atoms with Gasteiger partial charge in [0.2, 0.25) is 6.79 Å². The molecule has 3 nitrogen and oxygen atoms in total. The summed E-state index contributed by atoms with van der Waals surface area (Å²) in [4.78, 5) is 0. The molecule has 1 aromatic carbocycles. The average molecular weight is 201 g/mol. The van der Waals surface area contributed by atoms with Gasteiger partial charge in [0.25, 0.3) is 0 Å². The van der Waals surface area contributed by atoms with Crippen molar-refractivity contribution in [2.24, 2.45) is 0 Å². The van der Waals surface area contributed by atoms with Gasteiger partial charge in [0.15, 0.2) is 11.5 Å². The first-order valence-electron chi connectivity index (χ1n) is 4.04. The van der Waals surface area contributed by atoms with Crippen molar-refractivity contribution >= 4 is 11.6 Å². The van der Waals surface area contributed by atoms with Crippen LogP contribution in [0.1, 0.15) is 12.5 Å². The lowest BCUT2D eigenvalue weighted by Crippen LogP contribution is -1.93. The van der Waals surface area contributed by atoms with Crippen LogP contribution in [0.4, 0.5) is 0 Å². The number of hydrogen-bond donors (Lipinski definition) is 1. The number of fused-ring (bicyclic) bond motifs is 1. The van der Waals surface area contributed by atoms with Gasteiger partial charge in [-0.05, 0) is 6.42 Å². The van der Waals surface area contributed by atoms with E-state index in [1.54, 1.807) is 0 Å². The quantitative estimate of drug-likeness (QED) is 0.756. The normalized spacial score (nSPS) is 13.4. The minimum atomic E-state index is 0.164. The third-order valence-electron chi connectivity index (χ3n) is 2.04. The van der Waals surface area contributed by atoms with Crippen molar-refractivity contribution in [1.29, 1.82) is 0 Å². The van der Waals surface area contributed by atoms with Crippen LogP contribution < -0.4 is 9.47 Å². The molecule has 0 atom stereocenters. The van der Waals surface area contributed by atoms with Crippen molar-refractivity contribution in [2.75, 3.05) is 6.79 Å². The zero-order chi connectivity index (χ0) is 9.42. The number of rotatable bonds is 1. The molecule has 2 rings (SSSR count). The Morgan fingerprint density at radius 1 is 1.54 bits per heavy atom. The maximum absolute atomic E-state index is 9.54. The fourth-order valence-corrected chi connectivity index (χ4v) is 1.74. The van der Waals surface area contributed by atoms with Crippen LogP contribution in [0.5, 0.6) is 17.2 Å². The van der Waals surface area contributed by atoms with Crippen LogP contribution in [0, 0.1) is 0 Å². The highest BCUT2D eigenvalue weighted by Crippen LogP contribution is 2.45. The Balaban J connectivity index is 2.62. The topological polar surface area (TPSA) is 38.7 Å². The number of ether oxygens (including phenoxy) is 2. The Labute approximate surface area is 80.8 Å². The lowest BCUT2D eigenvalue weighted by atomic mass is 10.1. The van der Waals surface area contributed by atoms with E-state index >= 15 is 0 Å². The van der Waals surface area contributed by atoms with Gasteiger partial charge in [-0.25, -0.2) is 0 Å². The predicted octanol–water partition coefficient (Wildman–Crippen LogP) is 2.34. The number of halogens is 1. The first-order chi connectivity index (χ1) is 6.24. The SMILES string of the molecule is CCc1c(O)cc2c(c1Cl)OCO2. The molecule has 0 amide bonds. The summed E-state index contributed by atoms with van der Waals surface area (Å²) < 4.78 is 10.3. The van der Waals surface area contributed by atoms with Gasteiger partial charge in [0, 0.05) is 11.6 Å². The van der Waals surface area contributed by atoms with E-state index in [1.807, 2.05) is 6.92 Å². The number of aromatic hydroxyl groups is 1. The van der Waals surface area contributed by atoms with Crippen LogP contribution in [-0.4, -0.2) is 11.9 Å². The summed E-state index contributed by atoms with van der Waals surface area (Å²) in [6.45, 7) is 2.09. The molecule has 0 fully saturated rings. The number of phenols is 1. The Kier molecular flexibility index (Phi) is 1.96. The lowest BCUT2D eigenvalue weighted by Gasteiger charge is -2.06. The molecular formula is C9H9ClO3. The molecule has 1 aliphatic heterocycles. The second-order valence-corrected chi connectivity index (χ2v) is 3.15. The second-order valence-electron chi connectivity index (χ2n) is 2.78. The molecule has 0 spiro atoms. The Morgan fingerprint density at radius 2 is 2.31 bits per heavy atom. The van der Waals surface area contributed by atoms with Gasteiger partial charge in [0.05, 0.1) is 5.02 Å². The van der Waals surface area contributed by atoms with Gasteiger partial charge in [-0.1, -0.05) is 18.5 Å². The minimum absolute atomic E-state index is 0.164. The van der Waals surface area contributed by atoms with E-state index in [1.165, 1.54) is 6.07 Å². The molecule has 0 aromatic heterocycles. The molecule has 0 bridgehead atoms. The Morgan fingerprint density at radius 3 is 3.00 bits per heavy atom. The van der Waals surface area contributed by atoms with Crippen molar-refractivity contribution in [3.8, 4) is 17.2 Å². The zero-order valence-corrected chi connectivity index (χ0v) is 7.89. The first kappa shape index (κ1) is 8.51. The maximum Gasteiger partial charge on any atom is 0.231 e. The number of phenolic OH excluding ortho intramolecular Hbond substituents is 1. The zero-order valence-electron chi connectivity index (χ0n) is 7.13. The van der Waals surface area contributed by atoms with Crippen LogP contribution in [0.2, 0.25) is 5.02 Å². The number of hydrogen-bond acceptors (Lipinski definition) is 3. The summed E-state index contributed by atoms with van der Waals surface area (Å²) in [6, 6.07) is 1.53. The molecule has 0 aliphatic carbocycles. The van der Waals surface area contributed by atoms with E-state index in [4.69, 9.17) is 21.1 Å². The van der Waals surface area contributed by atoms with Crippen molar-refractivity contribution < 1.29 is 14.6 Å². The van der Waals surface area contributed by atoms with Crippen molar-refractivity contribution in [3.63, 3.8) is 0 Å². The highest BCUT2D eigenvalue weighted by molar-refractivity contribution is 6.33. The highest BCUT2D eigenvalue weighted by atomic mass is 35.5. The third-order valence-corrected chi connectivity index (χ3v) is 2.44. The summed E-state index contributed by atoms with van der Waals surface area (Å²) in [7, 11) is 0. The van der Waals surface area contributed by atoms with E-state index in [0.717, 1.165) is 0 Å². The fourth-order valence-electron chi connectivity index (χ4n) is 1.36. The summed E-state index contributed by atoms with van der Waals surface area (Å²) in [5, 5.41) is 9.99. The van der Waals surface area contributed by atoms with Crippen LogP contribution in [0.3, 0.4) is 0 Å². The maximum atomic E-state index is 9.54. The molecule has 0 radical (unpaired) electrons. The number of benzene rings is 1. The van der Waals surface area contributed by atoms with Gasteiger partial charge >= 0.3 is 0 Å². The third kappa shape index (κ3) is 1.20. The molecule has 1 aliphatic rings. The summed E-state index contributed by atoms with van der Waals surface area (Å²) in [5.74, 6) is 1.22. The van der Waals surface area contributed by atoms with Gasteiger partial charge in [-0.2, -0.15) is 0 Å². The van der Waals surface area contributed by atoms with Gasteiger partial charge in [-0.15, -0.1) is 0 Å². The molecule has 0 saturated heterocycles. The van der Waals surface area contributed by atoms with E-state index in [2.05, 4.69) is 0 Å². The van der Waals surface area contributed by atoms with E-state index in [0.29, 0.717) is 28.5 Å². The summed E-state index contributed by atoms with van der Waals surface area (Å²) >= 11 is 5.99. The lowest BCUT2D eigenvalue weighted by molar-refractivity contribution is 0.174. The van der Waals surface area contributed by atoms with E-state index < -0.39 is 0 Å². The highest BCUT2D eigenvalue weighted by Gasteiger charge is 2.22. The molecule has 1 aromatic rings. The molecule has 0 unspecified atom stereocenters. The molecule has 13 heavy (non-hydrogen) atoms. The minimum Gasteiger partial charge on any atom is -0.507 e. The van der Waals surface area contributed by atoms with Crippen molar-refractivity contribution in [1.82, 2.24) is 0 Å². The van der Waals surface area contributed by atoms with Gasteiger partial charge < -0.3 is 14.6 Å². The van der Waals surface area contributed by atoms with Crippen molar-refractivity contribution in [3.05, 3.63) is 16.7 Å². The van der Waals surface area contributed by atoms with Crippen LogP contribution in [0.15, 0.2) is 6.07 Å².